The predicted octanol–water partition coefficient (Wildman–Crippen LogP) is 2.90. The van der Waals surface area contributed by atoms with Gasteiger partial charge in [-0.05, 0) is 56.1 Å². The number of piperidine rings is 1. The highest BCUT2D eigenvalue weighted by molar-refractivity contribution is 5.52. The summed E-state index contributed by atoms with van der Waals surface area (Å²) in [6.07, 6.45) is 4.89. The van der Waals surface area contributed by atoms with Crippen LogP contribution in [0.5, 0.6) is 0 Å². The standard InChI is InChI=1S/C17H27N3/c1-11-7-12(2)13(3)20(10-11)17-15(9-18)8-14-5-4-6-16(14)19-17/h8,11-13H,4-7,9-10,18H2,1-3H3. The fourth-order valence-corrected chi connectivity index (χ4v) is 3.90. The molecule has 2 N–H and O–H groups in total. The van der Waals surface area contributed by atoms with Crippen LogP contribution in [0.4, 0.5) is 5.82 Å². The fraction of sp³-hybridized carbons (Fsp3) is 0.706. The number of hydrogen-bond acceptors (Lipinski definition) is 3. The number of fused-ring (bicyclic) bond motifs is 1. The summed E-state index contributed by atoms with van der Waals surface area (Å²) in [5.74, 6) is 2.63. The molecule has 0 saturated carbocycles. The molecule has 1 aromatic rings. The monoisotopic (exact) mass is 273 g/mol. The Balaban J connectivity index is 1.99. The molecule has 20 heavy (non-hydrogen) atoms. The molecule has 0 bridgehead atoms. The Morgan fingerprint density at radius 3 is 2.85 bits per heavy atom. The minimum Gasteiger partial charge on any atom is -0.353 e. The maximum absolute atomic E-state index is 6.00. The number of aryl methyl sites for hydroxylation is 2. The second kappa shape index (κ2) is 5.36. The molecule has 0 spiro atoms. The number of anilines is 1. The van der Waals surface area contributed by atoms with Gasteiger partial charge < -0.3 is 10.6 Å². The van der Waals surface area contributed by atoms with Gasteiger partial charge in [0, 0.05) is 30.4 Å². The largest absolute Gasteiger partial charge is 0.353 e. The normalized spacial score (nSPS) is 29.6. The highest BCUT2D eigenvalue weighted by Crippen LogP contribution is 2.34. The first-order chi connectivity index (χ1) is 9.60. The van der Waals surface area contributed by atoms with E-state index in [4.69, 9.17) is 10.7 Å². The van der Waals surface area contributed by atoms with Gasteiger partial charge in [-0.2, -0.15) is 0 Å². The molecular weight excluding hydrogens is 246 g/mol. The van der Waals surface area contributed by atoms with Crippen molar-refractivity contribution in [3.63, 3.8) is 0 Å². The summed E-state index contributed by atoms with van der Waals surface area (Å²) in [7, 11) is 0. The van der Waals surface area contributed by atoms with E-state index >= 15 is 0 Å². The molecule has 3 heteroatoms. The smallest absolute Gasteiger partial charge is 0.133 e. The van der Waals surface area contributed by atoms with Gasteiger partial charge in [-0.1, -0.05) is 13.8 Å². The number of pyridine rings is 1. The highest BCUT2D eigenvalue weighted by Gasteiger charge is 2.31. The van der Waals surface area contributed by atoms with E-state index in [0.717, 1.165) is 24.8 Å². The minimum absolute atomic E-state index is 0.559. The average Bonchev–Trinajstić information content (AvgIpc) is 2.88. The van der Waals surface area contributed by atoms with Crippen molar-refractivity contribution in [2.45, 2.75) is 59.0 Å². The van der Waals surface area contributed by atoms with E-state index < -0.39 is 0 Å². The lowest BCUT2D eigenvalue weighted by Gasteiger charge is -2.42. The molecule has 1 fully saturated rings. The first-order valence-corrected chi connectivity index (χ1v) is 8.08. The van der Waals surface area contributed by atoms with Crippen molar-refractivity contribution in [1.82, 2.24) is 4.98 Å². The molecule has 0 radical (unpaired) electrons. The number of aromatic nitrogens is 1. The van der Waals surface area contributed by atoms with Crippen molar-refractivity contribution in [3.05, 3.63) is 22.9 Å². The molecule has 3 nitrogen and oxygen atoms in total. The Morgan fingerprint density at radius 2 is 2.10 bits per heavy atom. The zero-order chi connectivity index (χ0) is 14.3. The summed E-state index contributed by atoms with van der Waals surface area (Å²) < 4.78 is 0. The molecule has 110 valence electrons. The van der Waals surface area contributed by atoms with Crippen LogP contribution >= 0.6 is 0 Å². The molecule has 3 atom stereocenters. The Hall–Kier alpha value is -1.09. The SMILES string of the molecule is CC1CC(C)C(C)N(c2nc3c(cc2CN)CCC3)C1. The molecule has 2 heterocycles. The van der Waals surface area contributed by atoms with Crippen molar-refractivity contribution in [2.24, 2.45) is 17.6 Å². The van der Waals surface area contributed by atoms with Crippen LogP contribution < -0.4 is 10.6 Å². The third-order valence-corrected chi connectivity index (χ3v) is 5.20. The topological polar surface area (TPSA) is 42.2 Å². The Bertz CT molecular complexity index is 497. The summed E-state index contributed by atoms with van der Waals surface area (Å²) >= 11 is 0. The Kier molecular flexibility index (Phi) is 3.72. The number of rotatable bonds is 2. The predicted molar refractivity (Wildman–Crippen MR) is 83.9 cm³/mol. The van der Waals surface area contributed by atoms with E-state index in [2.05, 4.69) is 31.7 Å². The molecular formula is C17H27N3. The van der Waals surface area contributed by atoms with E-state index in [0.29, 0.717) is 12.6 Å². The van der Waals surface area contributed by atoms with E-state index in [1.165, 1.54) is 41.9 Å². The summed E-state index contributed by atoms with van der Waals surface area (Å²) in [5.41, 5.74) is 9.98. The van der Waals surface area contributed by atoms with Crippen molar-refractivity contribution in [3.8, 4) is 0 Å². The highest BCUT2D eigenvalue weighted by atomic mass is 15.2. The van der Waals surface area contributed by atoms with Crippen LogP contribution in [0.3, 0.4) is 0 Å². The van der Waals surface area contributed by atoms with Gasteiger partial charge in [-0.25, -0.2) is 4.98 Å². The van der Waals surface area contributed by atoms with Crippen LogP contribution in [-0.4, -0.2) is 17.6 Å². The van der Waals surface area contributed by atoms with Gasteiger partial charge >= 0.3 is 0 Å². The van der Waals surface area contributed by atoms with Gasteiger partial charge in [0.2, 0.25) is 0 Å². The van der Waals surface area contributed by atoms with Crippen molar-refractivity contribution < 1.29 is 0 Å². The van der Waals surface area contributed by atoms with E-state index in [-0.39, 0.29) is 0 Å². The first-order valence-electron chi connectivity index (χ1n) is 8.08. The molecule has 2 aliphatic rings. The Morgan fingerprint density at radius 1 is 1.30 bits per heavy atom. The summed E-state index contributed by atoms with van der Waals surface area (Å²) in [6, 6.07) is 2.88. The van der Waals surface area contributed by atoms with Gasteiger partial charge in [-0.3, -0.25) is 0 Å². The second-order valence-corrected chi connectivity index (χ2v) is 6.85. The van der Waals surface area contributed by atoms with Crippen LogP contribution in [0.2, 0.25) is 0 Å². The maximum atomic E-state index is 6.00. The van der Waals surface area contributed by atoms with Crippen LogP contribution in [0.25, 0.3) is 0 Å². The third-order valence-electron chi connectivity index (χ3n) is 5.20. The molecule has 1 saturated heterocycles. The van der Waals surface area contributed by atoms with Crippen molar-refractivity contribution in [2.75, 3.05) is 11.4 Å². The zero-order valence-electron chi connectivity index (χ0n) is 13.0. The van der Waals surface area contributed by atoms with E-state index in [1.807, 2.05) is 0 Å². The molecule has 0 aromatic carbocycles. The van der Waals surface area contributed by atoms with E-state index in [1.54, 1.807) is 0 Å². The van der Waals surface area contributed by atoms with Gasteiger partial charge in [0.1, 0.15) is 5.82 Å². The molecule has 1 aromatic heterocycles. The lowest BCUT2D eigenvalue weighted by Crippen LogP contribution is -2.46. The average molecular weight is 273 g/mol. The van der Waals surface area contributed by atoms with Gasteiger partial charge in [0.15, 0.2) is 0 Å². The van der Waals surface area contributed by atoms with Crippen LogP contribution in [0, 0.1) is 11.8 Å². The third kappa shape index (κ3) is 2.32. The maximum Gasteiger partial charge on any atom is 0.133 e. The molecule has 3 unspecified atom stereocenters. The number of hydrogen-bond donors (Lipinski definition) is 1. The van der Waals surface area contributed by atoms with Crippen molar-refractivity contribution in [1.29, 1.82) is 0 Å². The second-order valence-electron chi connectivity index (χ2n) is 6.85. The van der Waals surface area contributed by atoms with Crippen molar-refractivity contribution >= 4 is 5.82 Å². The first kappa shape index (κ1) is 13.9. The van der Waals surface area contributed by atoms with Gasteiger partial charge in [0.25, 0.3) is 0 Å². The quantitative estimate of drug-likeness (QED) is 0.901. The number of nitrogens with zero attached hydrogens (tertiary/aromatic N) is 2. The minimum atomic E-state index is 0.559. The molecule has 3 rings (SSSR count). The number of nitrogens with two attached hydrogens (primary N) is 1. The lowest BCUT2D eigenvalue weighted by molar-refractivity contribution is 0.295. The van der Waals surface area contributed by atoms with Gasteiger partial charge in [-0.15, -0.1) is 0 Å². The lowest BCUT2D eigenvalue weighted by atomic mass is 9.85. The fourth-order valence-electron chi connectivity index (χ4n) is 3.90. The van der Waals surface area contributed by atoms with Gasteiger partial charge in [0.05, 0.1) is 0 Å². The van der Waals surface area contributed by atoms with Crippen LogP contribution in [-0.2, 0) is 19.4 Å². The van der Waals surface area contributed by atoms with Crippen LogP contribution in [0.15, 0.2) is 6.07 Å². The summed E-state index contributed by atoms with van der Waals surface area (Å²) in [4.78, 5) is 7.53. The summed E-state index contributed by atoms with van der Waals surface area (Å²) in [5, 5.41) is 0. The summed E-state index contributed by atoms with van der Waals surface area (Å²) in [6.45, 7) is 8.77. The van der Waals surface area contributed by atoms with E-state index in [9.17, 15) is 0 Å². The molecule has 1 aliphatic heterocycles. The Labute approximate surface area is 122 Å². The van der Waals surface area contributed by atoms with Crippen LogP contribution in [0.1, 0.15) is 50.4 Å². The zero-order valence-corrected chi connectivity index (χ0v) is 13.0. The molecule has 1 aliphatic carbocycles. The molecule has 0 amide bonds.